The molecular formula is C11H14N4O6. The molecule has 4 rings (SSSR count). The number of esters is 2. The highest BCUT2D eigenvalue weighted by Gasteiger charge is 2.48. The lowest BCUT2D eigenvalue weighted by Gasteiger charge is -2.07. The molecule has 21 heavy (non-hydrogen) atoms. The van der Waals surface area contributed by atoms with Gasteiger partial charge in [0.25, 0.3) is 0 Å². The van der Waals surface area contributed by atoms with E-state index in [1.807, 2.05) is 0 Å². The predicted octanol–water partition coefficient (Wildman–Crippen LogP) is -2.43. The van der Waals surface area contributed by atoms with Gasteiger partial charge in [0.05, 0.1) is 12.1 Å². The van der Waals surface area contributed by atoms with Crippen molar-refractivity contribution in [2.45, 2.75) is 37.2 Å². The molecule has 4 N–H and O–H groups in total. The van der Waals surface area contributed by atoms with E-state index in [0.29, 0.717) is 6.61 Å². The lowest BCUT2D eigenvalue weighted by molar-refractivity contribution is -0.142. The summed E-state index contributed by atoms with van der Waals surface area (Å²) in [6.45, 7) is 2.05. The number of carbonyl (C=O) groups excluding carboxylic acids is 4. The van der Waals surface area contributed by atoms with Crippen LogP contribution in [-0.4, -0.2) is 60.9 Å². The molecule has 10 nitrogen and oxygen atoms in total. The van der Waals surface area contributed by atoms with Gasteiger partial charge in [-0.25, -0.2) is 19.2 Å². The van der Waals surface area contributed by atoms with Crippen LogP contribution in [0.3, 0.4) is 0 Å². The molecule has 0 aromatic rings. The van der Waals surface area contributed by atoms with Crippen molar-refractivity contribution < 1.29 is 28.7 Å². The van der Waals surface area contributed by atoms with Crippen LogP contribution < -0.4 is 21.3 Å². The van der Waals surface area contributed by atoms with Gasteiger partial charge in [0.15, 0.2) is 12.1 Å². The van der Waals surface area contributed by atoms with E-state index in [2.05, 4.69) is 26.0 Å². The van der Waals surface area contributed by atoms with Crippen LogP contribution in [0.15, 0.2) is 0 Å². The number of nitrogens with one attached hydrogen (secondary N) is 4. The summed E-state index contributed by atoms with van der Waals surface area (Å²) < 4.78 is 9.51. The summed E-state index contributed by atoms with van der Waals surface area (Å²) >= 11 is 0. The third kappa shape index (κ3) is 2.32. The first-order chi connectivity index (χ1) is 9.95. The van der Waals surface area contributed by atoms with E-state index >= 15 is 0 Å². The molecule has 114 valence electrons. The highest BCUT2D eigenvalue weighted by Crippen LogP contribution is 2.18. The van der Waals surface area contributed by atoms with Crippen LogP contribution in [0, 0.1) is 0 Å². The van der Waals surface area contributed by atoms with Crippen LogP contribution >= 0.6 is 0 Å². The first-order valence-corrected chi connectivity index (χ1v) is 6.47. The zero-order valence-electron chi connectivity index (χ0n) is 11.0. The van der Waals surface area contributed by atoms with Crippen LogP contribution in [0.2, 0.25) is 0 Å². The molecule has 0 radical (unpaired) electrons. The molecule has 0 spiro atoms. The maximum absolute atomic E-state index is 10.9. The highest BCUT2D eigenvalue weighted by molar-refractivity contribution is 5.90. The summed E-state index contributed by atoms with van der Waals surface area (Å²) in [5, 5.41) is 10.1. The van der Waals surface area contributed by atoms with E-state index < -0.39 is 12.1 Å². The van der Waals surface area contributed by atoms with Crippen LogP contribution in [-0.2, 0) is 19.1 Å². The molecule has 0 saturated carbocycles. The zero-order valence-corrected chi connectivity index (χ0v) is 11.0. The molecule has 5 atom stereocenters. The molecule has 0 bridgehead atoms. The van der Waals surface area contributed by atoms with Gasteiger partial charge in [-0.3, -0.25) is 0 Å². The lowest BCUT2D eigenvalue weighted by atomic mass is 10.1. The predicted molar refractivity (Wildman–Crippen MR) is 65.0 cm³/mol. The van der Waals surface area contributed by atoms with Crippen molar-refractivity contribution >= 4 is 24.0 Å². The Balaban J connectivity index is 0.000000126. The number of carbonyl (C=O) groups is 4. The van der Waals surface area contributed by atoms with E-state index in [4.69, 9.17) is 4.74 Å². The number of ether oxygens (including phenoxy) is 2. The van der Waals surface area contributed by atoms with Crippen molar-refractivity contribution in [3.05, 3.63) is 0 Å². The average molecular weight is 298 g/mol. The normalized spacial score (nSPS) is 38.8. The SMILES string of the molecule is C[C@@H]1OC(=O)[C@H]2NC(=O)N[C@@H]12.O=C1N[C@H]2COC(=O)[C@H]2N1. The number of amides is 4. The highest BCUT2D eigenvalue weighted by atomic mass is 16.6. The van der Waals surface area contributed by atoms with Crippen LogP contribution in [0.1, 0.15) is 6.92 Å². The Morgan fingerprint density at radius 2 is 1.57 bits per heavy atom. The van der Waals surface area contributed by atoms with Gasteiger partial charge < -0.3 is 30.7 Å². The number of hydrogen-bond donors (Lipinski definition) is 4. The standard InChI is InChI=1S/C6H8N2O3.C5H6N2O3/c1-2-3-4(5(9)11-2)8-6(10)7-3;8-4-3-2(1-10-4)6-5(9)7-3/h2-4H,1H3,(H2,7,8,10);2-3H,1H2,(H2,6,7,9)/t2-,3-,4-;2-,3-/m00/s1. The minimum Gasteiger partial charge on any atom is -0.462 e. The van der Waals surface area contributed by atoms with Crippen molar-refractivity contribution in [1.29, 1.82) is 0 Å². The number of fused-ring (bicyclic) bond motifs is 2. The molecule has 4 saturated heterocycles. The molecule has 10 heteroatoms. The quantitative estimate of drug-likeness (QED) is 0.367. The smallest absolute Gasteiger partial charge is 0.331 e. The summed E-state index contributed by atoms with van der Waals surface area (Å²) in [7, 11) is 0. The molecular weight excluding hydrogens is 284 g/mol. The summed E-state index contributed by atoms with van der Waals surface area (Å²) in [4.78, 5) is 42.9. The Kier molecular flexibility index (Phi) is 3.07. The Hall–Kier alpha value is -2.52. The Morgan fingerprint density at radius 1 is 0.905 bits per heavy atom. The van der Waals surface area contributed by atoms with E-state index in [-0.39, 0.29) is 42.2 Å². The molecule has 0 aliphatic carbocycles. The van der Waals surface area contributed by atoms with Crippen LogP contribution in [0.25, 0.3) is 0 Å². The Bertz CT molecular complexity index is 523. The maximum Gasteiger partial charge on any atom is 0.331 e. The second-order valence-electron chi connectivity index (χ2n) is 5.10. The van der Waals surface area contributed by atoms with Gasteiger partial charge in [-0.15, -0.1) is 0 Å². The van der Waals surface area contributed by atoms with Gasteiger partial charge in [0.1, 0.15) is 12.7 Å². The fourth-order valence-corrected chi connectivity index (χ4v) is 2.59. The van der Waals surface area contributed by atoms with Crippen LogP contribution in [0.4, 0.5) is 9.59 Å². The maximum atomic E-state index is 10.9. The molecule has 4 heterocycles. The first kappa shape index (κ1) is 13.5. The van der Waals surface area contributed by atoms with Gasteiger partial charge in [0, 0.05) is 0 Å². The average Bonchev–Trinajstić information content (AvgIpc) is 3.11. The van der Waals surface area contributed by atoms with Gasteiger partial charge in [-0.05, 0) is 6.92 Å². The topological polar surface area (TPSA) is 135 Å². The second kappa shape index (κ2) is 4.79. The minimum atomic E-state index is -0.475. The van der Waals surface area contributed by atoms with Crippen molar-refractivity contribution in [3.63, 3.8) is 0 Å². The lowest BCUT2D eigenvalue weighted by Crippen LogP contribution is -2.36. The summed E-state index contributed by atoms with van der Waals surface area (Å²) in [6.07, 6.45) is -0.216. The summed E-state index contributed by atoms with van der Waals surface area (Å²) in [5.41, 5.74) is 0. The number of rotatable bonds is 0. The largest absolute Gasteiger partial charge is 0.462 e. The molecule has 0 unspecified atom stereocenters. The van der Waals surface area contributed by atoms with Crippen molar-refractivity contribution in [1.82, 2.24) is 21.3 Å². The third-order valence-corrected chi connectivity index (χ3v) is 3.67. The molecule has 4 aliphatic heterocycles. The van der Waals surface area contributed by atoms with Gasteiger partial charge >= 0.3 is 24.0 Å². The molecule has 4 aliphatic rings. The van der Waals surface area contributed by atoms with Crippen LogP contribution in [0.5, 0.6) is 0 Å². The Labute approximate surface area is 118 Å². The fourth-order valence-electron chi connectivity index (χ4n) is 2.59. The van der Waals surface area contributed by atoms with Crippen molar-refractivity contribution in [3.8, 4) is 0 Å². The molecule has 4 amide bonds. The molecule has 4 fully saturated rings. The first-order valence-electron chi connectivity index (χ1n) is 6.47. The van der Waals surface area contributed by atoms with Gasteiger partial charge in [-0.1, -0.05) is 0 Å². The monoisotopic (exact) mass is 298 g/mol. The minimum absolute atomic E-state index is 0.153. The number of hydrogen-bond acceptors (Lipinski definition) is 6. The molecule has 0 aromatic heterocycles. The van der Waals surface area contributed by atoms with E-state index in [0.717, 1.165) is 0 Å². The summed E-state index contributed by atoms with van der Waals surface area (Å²) in [5.74, 6) is -0.691. The van der Waals surface area contributed by atoms with Crippen molar-refractivity contribution in [2.75, 3.05) is 6.61 Å². The van der Waals surface area contributed by atoms with E-state index in [1.165, 1.54) is 0 Å². The van der Waals surface area contributed by atoms with Crippen molar-refractivity contribution in [2.24, 2.45) is 0 Å². The third-order valence-electron chi connectivity index (χ3n) is 3.67. The Morgan fingerprint density at radius 3 is 2.24 bits per heavy atom. The summed E-state index contributed by atoms with van der Waals surface area (Å²) in [6, 6.07) is -1.84. The van der Waals surface area contributed by atoms with Gasteiger partial charge in [-0.2, -0.15) is 0 Å². The second-order valence-corrected chi connectivity index (χ2v) is 5.10. The number of cyclic esters (lactones) is 2. The fraction of sp³-hybridized carbons (Fsp3) is 0.636. The number of urea groups is 2. The zero-order chi connectivity index (χ0) is 15.1. The van der Waals surface area contributed by atoms with Gasteiger partial charge in [0.2, 0.25) is 0 Å². The van der Waals surface area contributed by atoms with E-state index in [1.54, 1.807) is 6.92 Å². The van der Waals surface area contributed by atoms with E-state index in [9.17, 15) is 19.2 Å². The molecule has 0 aromatic carbocycles.